The van der Waals surface area contributed by atoms with Crippen LogP contribution >= 0.6 is 0 Å². The van der Waals surface area contributed by atoms with E-state index in [1.54, 1.807) is 6.07 Å². The van der Waals surface area contributed by atoms with Crippen molar-refractivity contribution in [1.82, 2.24) is 20.4 Å². The van der Waals surface area contributed by atoms with Crippen LogP contribution in [0.5, 0.6) is 0 Å². The molecule has 2 aliphatic rings. The van der Waals surface area contributed by atoms with Crippen LogP contribution in [0.25, 0.3) is 0 Å². The van der Waals surface area contributed by atoms with Crippen LogP contribution in [0.1, 0.15) is 134 Å². The summed E-state index contributed by atoms with van der Waals surface area (Å²) in [5.74, 6) is -8.37. The molecule has 0 aliphatic carbocycles. The maximum Gasteiger partial charge on any atom is 0.320 e. The number of benzene rings is 2. The summed E-state index contributed by atoms with van der Waals surface area (Å²) in [6, 6.07) is 8.15. The molecule has 2 heterocycles. The zero-order chi connectivity index (χ0) is 59.5. The van der Waals surface area contributed by atoms with Crippen molar-refractivity contribution in [2.45, 2.75) is 158 Å². The fourth-order valence-corrected chi connectivity index (χ4v) is 11.4. The third-order valence-corrected chi connectivity index (χ3v) is 15.8. The molecule has 4 unspecified atom stereocenters. The fourth-order valence-electron chi connectivity index (χ4n) is 10.9. The minimum Gasteiger partial charge on any atom is -0.744 e. The van der Waals surface area contributed by atoms with Crippen LogP contribution < -0.4 is 20.4 Å². The van der Waals surface area contributed by atoms with Gasteiger partial charge in [-0.1, -0.05) is 44.0 Å². The number of carbonyl (C=O) groups is 8. The Bertz CT molecular complexity index is 2710. The topological polar surface area (TPSA) is 353 Å². The summed E-state index contributed by atoms with van der Waals surface area (Å²) in [5, 5.41) is 61.5. The Kier molecular flexibility index (Phi) is 29.6. The first-order chi connectivity index (χ1) is 37.6. The molecule has 0 saturated heterocycles. The van der Waals surface area contributed by atoms with E-state index in [0.717, 1.165) is 55.7 Å². The third kappa shape index (κ3) is 21.5. The summed E-state index contributed by atoms with van der Waals surface area (Å²) in [6.45, 7) is 9.38. The molecule has 0 radical (unpaired) electrons. The van der Waals surface area contributed by atoms with E-state index in [1.165, 1.54) is 17.7 Å². The molecule has 9 N–H and O–H groups in total. The van der Waals surface area contributed by atoms with Gasteiger partial charge in [-0.3, -0.25) is 53.1 Å². The van der Waals surface area contributed by atoms with Gasteiger partial charge in [0, 0.05) is 93.9 Å². The van der Waals surface area contributed by atoms with Crippen molar-refractivity contribution in [3.8, 4) is 0 Å². The van der Waals surface area contributed by atoms with Gasteiger partial charge in [-0.2, -0.15) is 0 Å². The van der Waals surface area contributed by atoms with Crippen LogP contribution in [0, 0.1) is 6.92 Å². The van der Waals surface area contributed by atoms with E-state index in [9.17, 15) is 61.5 Å². The van der Waals surface area contributed by atoms with E-state index in [2.05, 4.69) is 72.7 Å². The number of carbonyl (C=O) groups excluding carboxylic acids is 2. The molecule has 82 heavy (non-hydrogen) atoms. The van der Waals surface area contributed by atoms with Gasteiger partial charge in [0.15, 0.2) is 0 Å². The maximum atomic E-state index is 12.8. The molecule has 2 aromatic rings. The van der Waals surface area contributed by atoms with E-state index in [1.807, 2.05) is 13.8 Å². The number of unbranched alkanes of at least 4 members (excludes halogenated alkanes) is 6. The molecule has 2 amide bonds. The second kappa shape index (κ2) is 33.5. The number of allylic oxidation sites excluding steroid dienone is 3. The summed E-state index contributed by atoms with van der Waals surface area (Å²) in [6.07, 6.45) is 12.4. The van der Waals surface area contributed by atoms with Gasteiger partial charge in [0.05, 0.1) is 43.0 Å². The number of hydrogen-bond acceptors (Lipinski definition) is 14. The molecular weight excluding hydrogens is 1180 g/mol. The van der Waals surface area contributed by atoms with Crippen molar-refractivity contribution in [3.05, 3.63) is 77.0 Å². The van der Waals surface area contributed by atoms with Crippen LogP contribution in [0.15, 0.2) is 65.2 Å². The Hall–Kier alpha value is -5.74. The zero-order valence-corrected chi connectivity index (χ0v) is 49.8. The molecule has 4 atom stereocenters. The number of anilines is 1. The largest absolute Gasteiger partial charge is 0.744 e. The van der Waals surface area contributed by atoms with Crippen LogP contribution in [-0.2, 0) is 92.3 Å². The van der Waals surface area contributed by atoms with E-state index in [-0.39, 0.29) is 99.9 Å². The third-order valence-electron chi connectivity index (χ3n) is 15.0. The molecule has 23 nitrogen and oxygen atoms in total. The number of aliphatic carboxylic acids is 6. The number of carboxylic acid groups (broad SMARTS) is 6. The number of quaternary nitrogens is 1. The summed E-state index contributed by atoms with van der Waals surface area (Å²) >= 11 is 0. The molecule has 0 fully saturated rings. The van der Waals surface area contributed by atoms with Crippen molar-refractivity contribution < 1.29 is 120 Å². The van der Waals surface area contributed by atoms with Crippen LogP contribution in [0.2, 0.25) is 0 Å². The standard InChI is InChI=1S/C56H80N6O17S.2Ni/c1-37-23-25-41-39(31-37)55(2,3)45(61(41)29-14-6-8-21-47(63)57-27-12-10-17-43(53(73)74)59(33-49(65)66)34-50(67)68)19-16-20-46-56(4,5)40-32-38(80(77,78)79)24-26-42(40)62(46)30-15-7-9-22-48(64)58-28-13-11-18-44(54(75)76)60(35-51(69)70)36-52(71)72;;/h16,19-20,23-26,31-32,43-44,46H,6-15,17-18,21-22,27-30,33-36H2,1-5H3,(H,57,63)(H,58,64)(H,65,66)(H,67,68)(H,69,70)(H,71,72)(H,73,74)(H,75,76)(H,77,78,79);;/b20-16+,45-19+;;. The Balaban J connectivity index is 0.0000115. The molecule has 0 spiro atoms. The van der Waals surface area contributed by atoms with Crippen molar-refractivity contribution >= 4 is 69.1 Å². The zero-order valence-electron chi connectivity index (χ0n) is 47.0. The maximum absolute atomic E-state index is 12.8. The average molecular weight is 1260 g/mol. The first-order valence-electron chi connectivity index (χ1n) is 27.1. The summed E-state index contributed by atoms with van der Waals surface area (Å²) in [4.78, 5) is 98.9. The number of amides is 2. The summed E-state index contributed by atoms with van der Waals surface area (Å²) in [7, 11) is -4.74. The minimum absolute atomic E-state index is 0. The Morgan fingerprint density at radius 1 is 0.659 bits per heavy atom. The molecule has 0 aromatic heterocycles. The van der Waals surface area contributed by atoms with E-state index in [0.29, 0.717) is 64.5 Å². The van der Waals surface area contributed by atoms with Crippen molar-refractivity contribution in [2.75, 3.05) is 57.3 Å². The number of fused-ring (bicyclic) bond motifs is 2. The van der Waals surface area contributed by atoms with Crippen LogP contribution in [0.4, 0.5) is 11.4 Å². The Morgan fingerprint density at radius 3 is 1.61 bits per heavy atom. The number of nitrogens with zero attached hydrogens (tertiary/aromatic N) is 3. The van der Waals surface area contributed by atoms with Crippen molar-refractivity contribution in [1.29, 1.82) is 0 Å². The monoisotopic (exact) mass is 1260 g/mol. The van der Waals surface area contributed by atoms with Crippen molar-refractivity contribution in [3.63, 3.8) is 0 Å². The Labute approximate surface area is 499 Å². The number of carboxylic acids is 6. The fraction of sp³-hybridized carbons (Fsp3) is 0.571. The molecule has 2 aliphatic heterocycles. The number of nitrogens with one attached hydrogen (secondary N) is 3. The summed E-state index contributed by atoms with van der Waals surface area (Å²) < 4.78 is 36.7. The van der Waals surface area contributed by atoms with Gasteiger partial charge in [0.2, 0.25) is 11.8 Å². The predicted octanol–water partition coefficient (Wildman–Crippen LogP) is 3.85. The minimum atomic E-state index is -4.74. The van der Waals surface area contributed by atoms with Gasteiger partial charge in [0.1, 0.15) is 33.9 Å². The molecule has 2 aromatic carbocycles. The first kappa shape index (κ1) is 72.4. The molecule has 462 valence electrons. The van der Waals surface area contributed by atoms with Gasteiger partial charge in [-0.15, -0.1) is 0 Å². The molecule has 4 rings (SSSR count). The van der Waals surface area contributed by atoms with Gasteiger partial charge >= 0.3 is 35.8 Å². The number of hydrogen-bond donors (Lipinski definition) is 9. The second-order valence-electron chi connectivity index (χ2n) is 21.8. The Morgan fingerprint density at radius 2 is 1.15 bits per heavy atom. The van der Waals surface area contributed by atoms with Gasteiger partial charge in [0.25, 0.3) is 0 Å². The predicted molar refractivity (Wildman–Crippen MR) is 293 cm³/mol. The normalized spacial score (nSPS) is 17.1. The molecule has 0 bridgehead atoms. The number of aryl methyl sites for hydroxylation is 1. The van der Waals surface area contributed by atoms with Gasteiger partial charge in [-0.25, -0.2) is 8.42 Å². The molecule has 26 heteroatoms. The van der Waals surface area contributed by atoms with Crippen molar-refractivity contribution in [2.24, 2.45) is 0 Å². The molecule has 0 saturated carbocycles. The quantitative estimate of drug-likeness (QED) is 0.0263. The SMILES string of the molecule is Cc1ccc2c(c1)C(C)(C)/C(=C\C=C\C1[NH+](CCCCCC(=O)NCCCCC(C(=O)O)N(CC(=O)O)CC(=O)O)c3ccc(S(=O)(=O)[O-])cc3C1(C)C)N2CCCCCC(=O)NCCCCC(C(=O)O)N(CC(=O)O)CC(=O)O.[Ni].[Ni]. The van der Waals surface area contributed by atoms with Gasteiger partial charge in [-0.05, 0) is 127 Å². The average Bonchev–Trinajstić information content (AvgIpc) is 3.81. The van der Waals surface area contributed by atoms with E-state index >= 15 is 0 Å². The summed E-state index contributed by atoms with van der Waals surface area (Å²) in [5.41, 5.74) is 5.09. The molecular formula is C56H80N6Ni2O17S. The van der Waals surface area contributed by atoms with Crippen LogP contribution in [-0.4, -0.2) is 172 Å². The number of rotatable bonds is 37. The van der Waals surface area contributed by atoms with Gasteiger partial charge < -0.3 is 50.7 Å². The smallest absolute Gasteiger partial charge is 0.320 e. The first-order valence-corrected chi connectivity index (χ1v) is 28.5. The van der Waals surface area contributed by atoms with Crippen LogP contribution in [0.3, 0.4) is 0 Å². The van der Waals surface area contributed by atoms with E-state index in [4.69, 9.17) is 20.4 Å². The van der Waals surface area contributed by atoms with E-state index < -0.39 is 89.6 Å². The second-order valence-corrected chi connectivity index (χ2v) is 23.2.